The molecule has 1 N–H and O–H groups in total. The minimum Gasteiger partial charge on any atom is -0.384 e. The Bertz CT molecular complexity index is 399. The van der Waals surface area contributed by atoms with E-state index < -0.39 is 16.4 Å². The van der Waals surface area contributed by atoms with Crippen molar-refractivity contribution < 1.29 is 9.31 Å². The van der Waals surface area contributed by atoms with Crippen LogP contribution in [0.3, 0.4) is 0 Å². The van der Waals surface area contributed by atoms with Crippen molar-refractivity contribution in [2.75, 3.05) is 11.9 Å². The summed E-state index contributed by atoms with van der Waals surface area (Å²) in [5, 5.41) is 13.4. The van der Waals surface area contributed by atoms with E-state index in [4.69, 9.17) is 0 Å². The normalized spacial score (nSPS) is 11.2. The van der Waals surface area contributed by atoms with Crippen LogP contribution in [0.15, 0.2) is 18.2 Å². The first kappa shape index (κ1) is 12.4. The average Bonchev–Trinajstić information content (AvgIpc) is 2.13. The number of nitrogens with one attached hydrogen (secondary N) is 1. The van der Waals surface area contributed by atoms with Crippen LogP contribution in [0.1, 0.15) is 20.8 Å². The van der Waals surface area contributed by atoms with Crippen LogP contribution in [-0.2, 0) is 0 Å². The number of rotatable bonds is 3. The number of nitro benzene ring substituents is 1. The van der Waals surface area contributed by atoms with Gasteiger partial charge in [0.2, 0.25) is 5.82 Å². The van der Waals surface area contributed by atoms with Gasteiger partial charge in [0.15, 0.2) is 0 Å². The van der Waals surface area contributed by atoms with E-state index >= 15 is 0 Å². The molecule has 4 nitrogen and oxygen atoms in total. The van der Waals surface area contributed by atoms with Crippen molar-refractivity contribution in [3.05, 3.63) is 34.1 Å². The molecule has 0 saturated carbocycles. The Labute approximate surface area is 93.6 Å². The van der Waals surface area contributed by atoms with Crippen molar-refractivity contribution in [1.82, 2.24) is 0 Å². The highest BCUT2D eigenvalue weighted by molar-refractivity contribution is 5.49. The number of anilines is 1. The molecule has 5 heteroatoms. The molecule has 0 bridgehead atoms. The van der Waals surface area contributed by atoms with Crippen molar-refractivity contribution in [3.63, 3.8) is 0 Å². The first-order valence-corrected chi connectivity index (χ1v) is 4.97. The summed E-state index contributed by atoms with van der Waals surface area (Å²) in [5.74, 6) is -0.816. The van der Waals surface area contributed by atoms with Crippen LogP contribution >= 0.6 is 0 Å². The Morgan fingerprint density at radius 2 is 2.06 bits per heavy atom. The van der Waals surface area contributed by atoms with E-state index in [0.717, 1.165) is 6.07 Å². The van der Waals surface area contributed by atoms with Crippen LogP contribution in [0.4, 0.5) is 15.8 Å². The van der Waals surface area contributed by atoms with Gasteiger partial charge >= 0.3 is 5.69 Å². The molecule has 0 fully saturated rings. The molecule has 1 aromatic rings. The van der Waals surface area contributed by atoms with E-state index in [2.05, 4.69) is 5.32 Å². The van der Waals surface area contributed by atoms with Gasteiger partial charge in [-0.2, -0.15) is 4.39 Å². The highest BCUT2D eigenvalue weighted by atomic mass is 19.1. The van der Waals surface area contributed by atoms with Crippen molar-refractivity contribution >= 4 is 11.4 Å². The summed E-state index contributed by atoms with van der Waals surface area (Å²) in [5.41, 5.74) is 0.123. The van der Waals surface area contributed by atoms with Gasteiger partial charge in [0.05, 0.1) is 4.92 Å². The standard InChI is InChI=1S/C11H15FN2O2/c1-11(2,3)7-13-8-4-5-10(14(15)16)9(12)6-8/h4-6,13H,7H2,1-3H3. The summed E-state index contributed by atoms with van der Waals surface area (Å²) in [4.78, 5) is 9.66. The average molecular weight is 226 g/mol. The summed E-state index contributed by atoms with van der Waals surface area (Å²) in [7, 11) is 0. The maximum absolute atomic E-state index is 13.2. The third kappa shape index (κ3) is 3.49. The van der Waals surface area contributed by atoms with Gasteiger partial charge in [0.25, 0.3) is 0 Å². The van der Waals surface area contributed by atoms with E-state index in [0.29, 0.717) is 12.2 Å². The fraction of sp³-hybridized carbons (Fsp3) is 0.455. The summed E-state index contributed by atoms with van der Waals surface area (Å²) >= 11 is 0. The molecule has 16 heavy (non-hydrogen) atoms. The van der Waals surface area contributed by atoms with E-state index in [9.17, 15) is 14.5 Å². The third-order valence-corrected chi connectivity index (χ3v) is 1.97. The van der Waals surface area contributed by atoms with Crippen molar-refractivity contribution in [1.29, 1.82) is 0 Å². The summed E-state index contributed by atoms with van der Waals surface area (Å²) in [6.07, 6.45) is 0. The maximum Gasteiger partial charge on any atom is 0.304 e. The van der Waals surface area contributed by atoms with Crippen LogP contribution in [-0.4, -0.2) is 11.5 Å². The number of hydrogen-bond donors (Lipinski definition) is 1. The summed E-state index contributed by atoms with van der Waals surface area (Å²) in [6, 6.07) is 3.82. The molecular weight excluding hydrogens is 211 g/mol. The summed E-state index contributed by atoms with van der Waals surface area (Å²) < 4.78 is 13.2. The van der Waals surface area contributed by atoms with Crippen LogP contribution in [0.5, 0.6) is 0 Å². The fourth-order valence-electron chi connectivity index (χ4n) is 1.13. The lowest BCUT2D eigenvalue weighted by Crippen LogP contribution is -2.19. The topological polar surface area (TPSA) is 55.2 Å². The van der Waals surface area contributed by atoms with Gasteiger partial charge in [-0.25, -0.2) is 0 Å². The number of hydrogen-bond acceptors (Lipinski definition) is 3. The third-order valence-electron chi connectivity index (χ3n) is 1.97. The first-order chi connectivity index (χ1) is 7.29. The van der Waals surface area contributed by atoms with Crippen LogP contribution < -0.4 is 5.32 Å². The molecule has 0 spiro atoms. The Hall–Kier alpha value is -1.65. The van der Waals surface area contributed by atoms with Crippen LogP contribution in [0.2, 0.25) is 0 Å². The Balaban J connectivity index is 2.78. The Kier molecular flexibility index (Phi) is 3.47. The second kappa shape index (κ2) is 4.47. The number of benzene rings is 1. The van der Waals surface area contributed by atoms with Gasteiger partial charge in [-0.1, -0.05) is 20.8 Å². The molecule has 0 heterocycles. The molecule has 0 aliphatic rings. The van der Waals surface area contributed by atoms with E-state index in [1.54, 1.807) is 0 Å². The summed E-state index contributed by atoms with van der Waals surface area (Å²) in [6.45, 7) is 6.80. The largest absolute Gasteiger partial charge is 0.384 e. The fourth-order valence-corrected chi connectivity index (χ4v) is 1.13. The molecule has 1 rings (SSSR count). The molecule has 0 aliphatic carbocycles. The molecule has 88 valence electrons. The zero-order chi connectivity index (χ0) is 12.3. The predicted octanol–water partition coefficient (Wildman–Crippen LogP) is 3.19. The van der Waals surface area contributed by atoms with Gasteiger partial charge in [-0.05, 0) is 11.5 Å². The smallest absolute Gasteiger partial charge is 0.304 e. The van der Waals surface area contributed by atoms with E-state index in [-0.39, 0.29) is 5.41 Å². The monoisotopic (exact) mass is 226 g/mol. The highest BCUT2D eigenvalue weighted by Crippen LogP contribution is 2.22. The SMILES string of the molecule is CC(C)(C)CNc1ccc([N+](=O)[O-])c(F)c1. The van der Waals surface area contributed by atoms with Crippen molar-refractivity contribution in [2.45, 2.75) is 20.8 Å². The lowest BCUT2D eigenvalue weighted by molar-refractivity contribution is -0.387. The molecule has 0 aliphatic heterocycles. The number of halogens is 1. The van der Waals surface area contributed by atoms with E-state index in [1.807, 2.05) is 20.8 Å². The second-order valence-corrected chi connectivity index (χ2v) is 4.84. The minimum atomic E-state index is -0.816. The molecule has 0 unspecified atom stereocenters. The maximum atomic E-state index is 13.2. The Morgan fingerprint density at radius 1 is 1.44 bits per heavy atom. The van der Waals surface area contributed by atoms with Gasteiger partial charge in [0.1, 0.15) is 0 Å². The molecule has 0 saturated heterocycles. The lowest BCUT2D eigenvalue weighted by atomic mass is 9.97. The predicted molar refractivity (Wildman–Crippen MR) is 61.0 cm³/mol. The zero-order valence-corrected chi connectivity index (χ0v) is 9.58. The van der Waals surface area contributed by atoms with E-state index in [1.165, 1.54) is 12.1 Å². The molecule has 0 radical (unpaired) electrons. The highest BCUT2D eigenvalue weighted by Gasteiger charge is 2.15. The molecule has 0 atom stereocenters. The van der Waals surface area contributed by atoms with Gasteiger partial charge < -0.3 is 5.32 Å². The number of nitrogens with zero attached hydrogens (tertiary/aromatic N) is 1. The number of nitro groups is 1. The lowest BCUT2D eigenvalue weighted by Gasteiger charge is -2.19. The van der Waals surface area contributed by atoms with Crippen molar-refractivity contribution in [3.8, 4) is 0 Å². The quantitative estimate of drug-likeness (QED) is 0.636. The molecular formula is C11H15FN2O2. The Morgan fingerprint density at radius 3 is 2.50 bits per heavy atom. The van der Waals surface area contributed by atoms with Gasteiger partial charge in [0, 0.05) is 24.4 Å². The minimum absolute atomic E-state index is 0.0677. The molecule has 0 amide bonds. The van der Waals surface area contributed by atoms with Gasteiger partial charge in [-0.15, -0.1) is 0 Å². The zero-order valence-electron chi connectivity index (χ0n) is 9.58. The van der Waals surface area contributed by atoms with Crippen LogP contribution in [0.25, 0.3) is 0 Å². The van der Waals surface area contributed by atoms with Crippen LogP contribution in [0, 0.1) is 21.3 Å². The molecule has 1 aromatic carbocycles. The first-order valence-electron chi connectivity index (χ1n) is 4.97. The van der Waals surface area contributed by atoms with Crippen molar-refractivity contribution in [2.24, 2.45) is 5.41 Å². The second-order valence-electron chi connectivity index (χ2n) is 4.84. The molecule has 0 aromatic heterocycles. The van der Waals surface area contributed by atoms with Gasteiger partial charge in [-0.3, -0.25) is 10.1 Å².